The number of rotatable bonds is 6. The molecule has 0 bridgehead atoms. The van der Waals surface area contributed by atoms with Gasteiger partial charge in [-0.25, -0.2) is 4.98 Å². The van der Waals surface area contributed by atoms with Crippen molar-refractivity contribution in [1.29, 1.82) is 0 Å². The summed E-state index contributed by atoms with van der Waals surface area (Å²) in [5.41, 5.74) is 6.24. The summed E-state index contributed by atoms with van der Waals surface area (Å²) in [6, 6.07) is 10.1. The van der Waals surface area contributed by atoms with Crippen molar-refractivity contribution in [3.63, 3.8) is 0 Å². The minimum Gasteiger partial charge on any atom is -0.375 e. The van der Waals surface area contributed by atoms with Gasteiger partial charge in [-0.3, -0.25) is 4.79 Å². The number of thioether (sulfide) groups is 1. The molecule has 0 fully saturated rings. The van der Waals surface area contributed by atoms with Crippen LogP contribution in [0.4, 0.5) is 5.13 Å². The lowest BCUT2D eigenvalue weighted by molar-refractivity contribution is -0.120. The van der Waals surface area contributed by atoms with E-state index >= 15 is 0 Å². The second kappa shape index (κ2) is 7.16. The molecule has 1 heterocycles. The first-order chi connectivity index (χ1) is 9.24. The molecule has 0 aliphatic heterocycles. The van der Waals surface area contributed by atoms with Gasteiger partial charge < -0.3 is 11.1 Å². The summed E-state index contributed by atoms with van der Waals surface area (Å²) < 4.78 is 0. The van der Waals surface area contributed by atoms with Gasteiger partial charge >= 0.3 is 0 Å². The number of anilines is 1. The normalized spacial score (nSPS) is 10.3. The van der Waals surface area contributed by atoms with E-state index in [0.29, 0.717) is 18.1 Å². The van der Waals surface area contributed by atoms with Crippen LogP contribution in [0.2, 0.25) is 0 Å². The second-order valence-corrected chi connectivity index (χ2v) is 5.92. The number of aromatic nitrogens is 1. The summed E-state index contributed by atoms with van der Waals surface area (Å²) in [7, 11) is 0. The number of carbonyl (C=O) groups excluding carboxylic acids is 1. The summed E-state index contributed by atoms with van der Waals surface area (Å²) >= 11 is 3.08. The van der Waals surface area contributed by atoms with E-state index in [9.17, 15) is 4.79 Å². The van der Waals surface area contributed by atoms with Crippen LogP contribution in [0.25, 0.3) is 0 Å². The Balaban J connectivity index is 1.64. The molecule has 0 atom stereocenters. The van der Waals surface area contributed by atoms with Gasteiger partial charge in [-0.2, -0.15) is 0 Å². The van der Waals surface area contributed by atoms with Crippen molar-refractivity contribution in [2.24, 2.45) is 0 Å². The highest BCUT2D eigenvalue weighted by Crippen LogP contribution is 2.15. The number of benzene rings is 1. The Morgan fingerprint density at radius 1 is 1.37 bits per heavy atom. The van der Waals surface area contributed by atoms with Crippen molar-refractivity contribution in [2.45, 2.75) is 11.3 Å². The lowest BCUT2D eigenvalue weighted by atomic mass is 10.3. The number of amides is 1. The van der Waals surface area contributed by atoms with Crippen molar-refractivity contribution in [3.05, 3.63) is 41.4 Å². The van der Waals surface area contributed by atoms with E-state index in [-0.39, 0.29) is 5.91 Å². The smallest absolute Gasteiger partial charge is 0.226 e. The van der Waals surface area contributed by atoms with E-state index in [1.54, 1.807) is 11.8 Å². The summed E-state index contributed by atoms with van der Waals surface area (Å²) in [5.74, 6) is 0.841. The largest absolute Gasteiger partial charge is 0.375 e. The first kappa shape index (κ1) is 13.9. The Bertz CT molecular complexity index is 528. The van der Waals surface area contributed by atoms with E-state index in [4.69, 9.17) is 5.73 Å². The number of thiazole rings is 1. The van der Waals surface area contributed by atoms with Gasteiger partial charge in [0.25, 0.3) is 0 Å². The maximum Gasteiger partial charge on any atom is 0.226 e. The molecule has 0 aliphatic carbocycles. The molecule has 0 aliphatic rings. The van der Waals surface area contributed by atoms with Gasteiger partial charge in [-0.1, -0.05) is 18.2 Å². The Hall–Kier alpha value is -1.53. The first-order valence-electron chi connectivity index (χ1n) is 5.88. The highest BCUT2D eigenvalue weighted by molar-refractivity contribution is 7.99. The fraction of sp³-hybridized carbons (Fsp3) is 0.231. The van der Waals surface area contributed by atoms with Gasteiger partial charge in [0.05, 0.1) is 12.1 Å². The quantitative estimate of drug-likeness (QED) is 0.633. The third-order valence-corrected chi connectivity index (χ3v) is 4.08. The van der Waals surface area contributed by atoms with Crippen molar-refractivity contribution in [3.8, 4) is 0 Å². The molecule has 0 saturated carbocycles. The van der Waals surface area contributed by atoms with E-state index in [1.807, 2.05) is 23.6 Å². The van der Waals surface area contributed by atoms with Crippen LogP contribution in [0.15, 0.2) is 40.6 Å². The molecule has 0 spiro atoms. The molecular formula is C13H15N3OS2. The van der Waals surface area contributed by atoms with Crippen LogP contribution in [0.5, 0.6) is 0 Å². The molecular weight excluding hydrogens is 278 g/mol. The van der Waals surface area contributed by atoms with Gasteiger partial charge in [0.15, 0.2) is 5.13 Å². The first-order valence-corrected chi connectivity index (χ1v) is 7.75. The Kier molecular flexibility index (Phi) is 5.23. The zero-order chi connectivity index (χ0) is 13.5. The van der Waals surface area contributed by atoms with E-state index in [2.05, 4.69) is 22.4 Å². The molecule has 100 valence electrons. The molecule has 0 radical (unpaired) electrons. The second-order valence-electron chi connectivity index (χ2n) is 3.87. The Morgan fingerprint density at radius 2 is 2.16 bits per heavy atom. The van der Waals surface area contributed by atoms with Gasteiger partial charge in [-0.05, 0) is 12.1 Å². The van der Waals surface area contributed by atoms with Gasteiger partial charge in [0, 0.05) is 22.6 Å². The monoisotopic (exact) mass is 293 g/mol. The molecule has 2 aromatic rings. The molecule has 3 N–H and O–H groups in total. The highest BCUT2D eigenvalue weighted by atomic mass is 32.2. The predicted octanol–water partition coefficient (Wildman–Crippen LogP) is 2.18. The number of carbonyl (C=O) groups is 1. The van der Waals surface area contributed by atoms with Crippen LogP contribution in [-0.2, 0) is 11.2 Å². The van der Waals surface area contributed by atoms with Crippen molar-refractivity contribution in [2.75, 3.05) is 18.0 Å². The minimum absolute atomic E-state index is 0.0149. The number of nitrogen functional groups attached to an aromatic ring is 1. The molecule has 0 saturated heterocycles. The van der Waals surface area contributed by atoms with E-state index < -0.39 is 0 Å². The SMILES string of the molecule is Nc1nc(CC(=O)NCCSc2ccccc2)cs1. The third-order valence-electron chi connectivity index (χ3n) is 2.35. The zero-order valence-electron chi connectivity index (χ0n) is 10.3. The predicted molar refractivity (Wildman–Crippen MR) is 80.4 cm³/mol. The summed E-state index contributed by atoms with van der Waals surface area (Å²) in [4.78, 5) is 16.9. The van der Waals surface area contributed by atoms with Crippen LogP contribution in [0, 0.1) is 0 Å². The molecule has 1 aromatic heterocycles. The van der Waals surface area contributed by atoms with Gasteiger partial charge in [0.2, 0.25) is 5.91 Å². The van der Waals surface area contributed by atoms with Gasteiger partial charge in [0.1, 0.15) is 0 Å². The average Bonchev–Trinajstić information content (AvgIpc) is 2.81. The lowest BCUT2D eigenvalue weighted by Gasteiger charge is -2.04. The Morgan fingerprint density at radius 3 is 2.84 bits per heavy atom. The molecule has 1 aromatic carbocycles. The maximum absolute atomic E-state index is 11.6. The van der Waals surface area contributed by atoms with Crippen molar-refractivity contribution < 1.29 is 4.79 Å². The fourth-order valence-corrected chi connectivity index (χ4v) is 2.86. The number of nitrogens with zero attached hydrogens (tertiary/aromatic N) is 1. The summed E-state index contributed by atoms with van der Waals surface area (Å²) in [5, 5.41) is 5.19. The molecule has 1 amide bonds. The molecule has 19 heavy (non-hydrogen) atoms. The number of hydrogen-bond donors (Lipinski definition) is 2. The van der Waals surface area contributed by atoms with Crippen molar-refractivity contribution in [1.82, 2.24) is 10.3 Å². The van der Waals surface area contributed by atoms with Crippen LogP contribution < -0.4 is 11.1 Å². The van der Waals surface area contributed by atoms with Crippen LogP contribution in [0.1, 0.15) is 5.69 Å². The lowest BCUT2D eigenvalue weighted by Crippen LogP contribution is -2.27. The average molecular weight is 293 g/mol. The van der Waals surface area contributed by atoms with E-state index in [1.165, 1.54) is 16.2 Å². The minimum atomic E-state index is -0.0149. The molecule has 0 unspecified atom stereocenters. The van der Waals surface area contributed by atoms with E-state index in [0.717, 1.165) is 11.4 Å². The molecule has 6 heteroatoms. The maximum atomic E-state index is 11.6. The summed E-state index contributed by atoms with van der Waals surface area (Å²) in [6.07, 6.45) is 0.295. The third kappa shape index (κ3) is 4.92. The molecule has 2 rings (SSSR count). The highest BCUT2D eigenvalue weighted by Gasteiger charge is 2.05. The fourth-order valence-electron chi connectivity index (χ4n) is 1.51. The zero-order valence-corrected chi connectivity index (χ0v) is 12.0. The standard InChI is InChI=1S/C13H15N3OS2/c14-13-16-10(9-19-13)8-12(17)15-6-7-18-11-4-2-1-3-5-11/h1-5,9H,6-8H2,(H2,14,16)(H,15,17). The molecule has 4 nitrogen and oxygen atoms in total. The number of nitrogens with one attached hydrogen (secondary N) is 1. The van der Waals surface area contributed by atoms with Gasteiger partial charge in [-0.15, -0.1) is 23.1 Å². The number of nitrogens with two attached hydrogens (primary N) is 1. The summed E-state index contributed by atoms with van der Waals surface area (Å²) in [6.45, 7) is 0.651. The van der Waals surface area contributed by atoms with Crippen LogP contribution in [0.3, 0.4) is 0 Å². The van der Waals surface area contributed by atoms with Crippen LogP contribution >= 0.6 is 23.1 Å². The Labute approximate surface area is 120 Å². The van der Waals surface area contributed by atoms with Crippen LogP contribution in [-0.4, -0.2) is 23.2 Å². The van der Waals surface area contributed by atoms with Crippen molar-refractivity contribution >= 4 is 34.1 Å². The topological polar surface area (TPSA) is 68.0 Å². The number of hydrogen-bond acceptors (Lipinski definition) is 5.